The van der Waals surface area contributed by atoms with E-state index in [1.165, 1.54) is 13.3 Å². The molecule has 0 aliphatic carbocycles. The summed E-state index contributed by atoms with van der Waals surface area (Å²) in [4.78, 5) is 12.6. The van der Waals surface area contributed by atoms with Gasteiger partial charge < -0.3 is 10.5 Å². The van der Waals surface area contributed by atoms with Gasteiger partial charge in [0.15, 0.2) is 11.4 Å². The fourth-order valence-electron chi connectivity index (χ4n) is 1.87. The fraction of sp³-hybridized carbons (Fsp3) is 0.231. The van der Waals surface area contributed by atoms with Crippen LogP contribution in [0.5, 0.6) is 5.75 Å². The summed E-state index contributed by atoms with van der Waals surface area (Å²) < 4.78 is 7.55. The van der Waals surface area contributed by atoms with Crippen LogP contribution in [-0.4, -0.2) is 22.7 Å². The molecule has 0 aliphatic heterocycles. The lowest BCUT2D eigenvalue weighted by molar-refractivity contribution is 0.102. The maximum Gasteiger partial charge on any atom is 0.214 e. The molecule has 0 atom stereocenters. The van der Waals surface area contributed by atoms with Crippen LogP contribution in [0, 0.1) is 0 Å². The summed E-state index contributed by atoms with van der Waals surface area (Å²) in [5.41, 5.74) is 7.22. The van der Waals surface area contributed by atoms with Crippen LogP contribution >= 0.6 is 15.9 Å². The van der Waals surface area contributed by atoms with Gasteiger partial charge in [-0.15, -0.1) is 0 Å². The molecule has 1 heterocycles. The molecule has 0 saturated carbocycles. The van der Waals surface area contributed by atoms with Crippen molar-refractivity contribution in [3.8, 4) is 5.75 Å². The Morgan fingerprint density at radius 2 is 2.21 bits per heavy atom. The predicted molar refractivity (Wildman–Crippen MR) is 76.4 cm³/mol. The zero-order valence-electron chi connectivity index (χ0n) is 10.7. The van der Waals surface area contributed by atoms with Crippen LogP contribution in [0.3, 0.4) is 0 Å². The van der Waals surface area contributed by atoms with Gasteiger partial charge >= 0.3 is 0 Å². The average molecular weight is 324 g/mol. The van der Waals surface area contributed by atoms with E-state index >= 15 is 0 Å². The summed E-state index contributed by atoms with van der Waals surface area (Å²) in [6.07, 6.45) is 1.54. The number of carbonyl (C=O) groups is 1. The number of aromatic nitrogens is 2. The van der Waals surface area contributed by atoms with Gasteiger partial charge in [-0.1, -0.05) is 15.9 Å². The average Bonchev–Trinajstić information content (AvgIpc) is 2.79. The Kier molecular flexibility index (Phi) is 3.90. The predicted octanol–water partition coefficient (Wildman–Crippen LogP) is 2.49. The van der Waals surface area contributed by atoms with Gasteiger partial charge in [0.1, 0.15) is 0 Å². The van der Waals surface area contributed by atoms with E-state index in [0.29, 0.717) is 29.2 Å². The van der Waals surface area contributed by atoms with Crippen molar-refractivity contribution in [1.82, 2.24) is 9.78 Å². The third-order valence-electron chi connectivity index (χ3n) is 2.72. The maximum atomic E-state index is 12.6. The van der Waals surface area contributed by atoms with Crippen LogP contribution < -0.4 is 10.5 Å². The molecule has 5 nitrogen and oxygen atoms in total. The highest BCUT2D eigenvalue weighted by molar-refractivity contribution is 9.10. The second-order valence-electron chi connectivity index (χ2n) is 3.98. The number of ketones is 1. The molecule has 0 aliphatic rings. The van der Waals surface area contributed by atoms with Crippen molar-refractivity contribution in [2.75, 3.05) is 12.8 Å². The van der Waals surface area contributed by atoms with Crippen LogP contribution in [0.2, 0.25) is 0 Å². The van der Waals surface area contributed by atoms with Crippen molar-refractivity contribution in [2.45, 2.75) is 13.5 Å². The first kappa shape index (κ1) is 13.6. The van der Waals surface area contributed by atoms with Gasteiger partial charge in [0, 0.05) is 22.3 Å². The third-order valence-corrected chi connectivity index (χ3v) is 3.18. The molecule has 0 saturated heterocycles. The van der Waals surface area contributed by atoms with Gasteiger partial charge in [-0.3, -0.25) is 9.48 Å². The summed E-state index contributed by atoms with van der Waals surface area (Å²) >= 11 is 3.33. The van der Waals surface area contributed by atoms with Crippen LogP contribution in [0.25, 0.3) is 0 Å². The molecule has 2 rings (SSSR count). The number of anilines is 1. The van der Waals surface area contributed by atoms with Crippen molar-refractivity contribution in [3.05, 3.63) is 40.1 Å². The number of aryl methyl sites for hydroxylation is 1. The van der Waals surface area contributed by atoms with Gasteiger partial charge in [0.05, 0.1) is 13.3 Å². The maximum absolute atomic E-state index is 12.6. The summed E-state index contributed by atoms with van der Waals surface area (Å²) in [5, 5.41) is 4.12. The minimum atomic E-state index is -0.163. The first-order valence-corrected chi connectivity index (χ1v) is 6.56. The van der Waals surface area contributed by atoms with Gasteiger partial charge in [-0.05, 0) is 25.1 Å². The fourth-order valence-corrected chi connectivity index (χ4v) is 2.38. The topological polar surface area (TPSA) is 70.1 Å². The molecule has 0 spiro atoms. The van der Waals surface area contributed by atoms with E-state index in [2.05, 4.69) is 21.0 Å². The second kappa shape index (κ2) is 5.44. The number of nitrogens with two attached hydrogens (primary N) is 1. The summed E-state index contributed by atoms with van der Waals surface area (Å²) in [5.74, 6) is 0.301. The van der Waals surface area contributed by atoms with Crippen molar-refractivity contribution >= 4 is 27.4 Å². The lowest BCUT2D eigenvalue weighted by atomic mass is 10.1. The van der Waals surface area contributed by atoms with E-state index < -0.39 is 0 Å². The molecule has 0 radical (unpaired) electrons. The van der Waals surface area contributed by atoms with E-state index in [1.807, 2.05) is 6.92 Å². The first-order valence-electron chi connectivity index (χ1n) is 5.77. The second-order valence-corrected chi connectivity index (χ2v) is 4.90. The molecule has 6 heteroatoms. The summed E-state index contributed by atoms with van der Waals surface area (Å²) in [6, 6.07) is 5.11. The minimum Gasteiger partial charge on any atom is -0.493 e. The normalized spacial score (nSPS) is 10.5. The minimum absolute atomic E-state index is 0.163. The monoisotopic (exact) mass is 323 g/mol. The molecule has 0 amide bonds. The number of benzene rings is 1. The SMILES string of the molecule is CCn1ncc(OC)c1C(=O)c1cc(N)cc(Br)c1. The molecular formula is C13H14BrN3O2. The van der Waals surface area contributed by atoms with Crippen LogP contribution in [0.15, 0.2) is 28.9 Å². The van der Waals surface area contributed by atoms with Gasteiger partial charge in [-0.2, -0.15) is 5.10 Å². The standard InChI is InChI=1S/C13H14BrN3O2/c1-3-17-12(11(19-2)7-16-17)13(18)8-4-9(14)6-10(15)5-8/h4-7H,3,15H2,1-2H3. The summed E-state index contributed by atoms with van der Waals surface area (Å²) in [6.45, 7) is 2.51. The van der Waals surface area contributed by atoms with Crippen molar-refractivity contribution in [2.24, 2.45) is 0 Å². The molecule has 2 N–H and O–H groups in total. The van der Waals surface area contributed by atoms with Gasteiger partial charge in [0.2, 0.25) is 5.78 Å². The van der Waals surface area contributed by atoms with Gasteiger partial charge in [-0.25, -0.2) is 0 Å². The van der Waals surface area contributed by atoms with Gasteiger partial charge in [0.25, 0.3) is 0 Å². The molecule has 0 bridgehead atoms. The lowest BCUT2D eigenvalue weighted by Gasteiger charge is -2.07. The highest BCUT2D eigenvalue weighted by Crippen LogP contribution is 2.24. The third kappa shape index (κ3) is 2.63. The Morgan fingerprint density at radius 1 is 1.47 bits per heavy atom. The zero-order valence-corrected chi connectivity index (χ0v) is 12.3. The van der Waals surface area contributed by atoms with Crippen LogP contribution in [0.4, 0.5) is 5.69 Å². The molecule has 100 valence electrons. The summed E-state index contributed by atoms with van der Waals surface area (Å²) in [7, 11) is 1.52. The van der Waals surface area contributed by atoms with Crippen molar-refractivity contribution < 1.29 is 9.53 Å². The first-order chi connectivity index (χ1) is 9.06. The van der Waals surface area contributed by atoms with E-state index in [9.17, 15) is 4.79 Å². The number of methoxy groups -OCH3 is 1. The smallest absolute Gasteiger partial charge is 0.214 e. The Morgan fingerprint density at radius 3 is 2.79 bits per heavy atom. The van der Waals surface area contributed by atoms with Crippen molar-refractivity contribution in [1.29, 1.82) is 0 Å². The van der Waals surface area contributed by atoms with Crippen LogP contribution in [0.1, 0.15) is 23.0 Å². The molecule has 1 aromatic carbocycles. The molecule has 1 aromatic heterocycles. The molecule has 19 heavy (non-hydrogen) atoms. The van der Waals surface area contributed by atoms with E-state index in [-0.39, 0.29) is 5.78 Å². The Hall–Kier alpha value is -1.82. The van der Waals surface area contributed by atoms with E-state index in [1.54, 1.807) is 22.9 Å². The largest absolute Gasteiger partial charge is 0.493 e. The van der Waals surface area contributed by atoms with E-state index in [4.69, 9.17) is 10.5 Å². The number of rotatable bonds is 4. The molecular weight excluding hydrogens is 310 g/mol. The number of carbonyl (C=O) groups excluding carboxylic acids is 1. The number of halogens is 1. The Labute approximate surface area is 119 Å². The molecule has 0 unspecified atom stereocenters. The zero-order chi connectivity index (χ0) is 14.0. The molecule has 0 fully saturated rings. The van der Waals surface area contributed by atoms with E-state index in [0.717, 1.165) is 4.47 Å². The number of hydrogen-bond acceptors (Lipinski definition) is 4. The number of ether oxygens (including phenoxy) is 1. The molecule has 2 aromatic rings. The highest BCUT2D eigenvalue weighted by Gasteiger charge is 2.20. The number of nitrogens with zero attached hydrogens (tertiary/aromatic N) is 2. The Bertz CT molecular complexity index is 581. The number of nitrogen functional groups attached to an aromatic ring is 1. The van der Waals surface area contributed by atoms with Crippen LogP contribution in [-0.2, 0) is 6.54 Å². The highest BCUT2D eigenvalue weighted by atomic mass is 79.9. The quantitative estimate of drug-likeness (QED) is 0.693. The van der Waals surface area contributed by atoms with Crippen molar-refractivity contribution in [3.63, 3.8) is 0 Å². The Balaban J connectivity index is 2.52. The lowest BCUT2D eigenvalue weighted by Crippen LogP contribution is -2.12. The number of hydrogen-bond donors (Lipinski definition) is 1.